The van der Waals surface area contributed by atoms with Crippen molar-refractivity contribution < 1.29 is 12.8 Å². The molecule has 0 amide bonds. The smallest absolute Gasteiger partial charge is 0.242 e. The van der Waals surface area contributed by atoms with Crippen LogP contribution in [0.3, 0.4) is 0 Å². The maximum absolute atomic E-state index is 12.1. The molecule has 0 aliphatic rings. The fourth-order valence-corrected chi connectivity index (χ4v) is 3.32. The van der Waals surface area contributed by atoms with Crippen LogP contribution >= 0.6 is 11.6 Å². The van der Waals surface area contributed by atoms with Crippen molar-refractivity contribution in [2.24, 2.45) is 0 Å². The number of anilines is 1. The van der Waals surface area contributed by atoms with Crippen molar-refractivity contribution in [3.8, 4) is 6.07 Å². The molecule has 9 heteroatoms. The normalized spacial score (nSPS) is 12.3. The third-order valence-electron chi connectivity index (χ3n) is 3.72. The molecule has 0 spiro atoms. The molecule has 1 N–H and O–H groups in total. The lowest BCUT2D eigenvalue weighted by molar-refractivity contribution is 0.521. The molecule has 7 nitrogen and oxygen atoms in total. The zero-order valence-electron chi connectivity index (χ0n) is 14.5. The number of nitrogens with zero attached hydrogens (tertiary/aromatic N) is 3. The Bertz CT molecular complexity index is 1160. The van der Waals surface area contributed by atoms with Crippen LogP contribution in [0.1, 0.15) is 5.89 Å². The summed E-state index contributed by atoms with van der Waals surface area (Å²) in [6.45, 7) is 0. The number of rotatable bonds is 5. The monoisotopic (exact) mass is 402 g/mol. The second-order valence-corrected chi connectivity index (χ2v) is 8.35. The molecule has 3 rings (SSSR count). The number of nitriles is 1. The van der Waals surface area contributed by atoms with E-state index >= 15 is 0 Å². The van der Waals surface area contributed by atoms with E-state index in [1.54, 1.807) is 30.3 Å². The molecule has 3 aromatic rings. The Morgan fingerprint density at radius 3 is 2.59 bits per heavy atom. The Hall–Kier alpha value is -2.86. The average molecular weight is 403 g/mol. The molecule has 2 aromatic carbocycles. The summed E-state index contributed by atoms with van der Waals surface area (Å²) in [6, 6.07) is 13.2. The van der Waals surface area contributed by atoms with E-state index in [9.17, 15) is 13.7 Å². The van der Waals surface area contributed by atoms with E-state index in [2.05, 4.69) is 10.3 Å². The molecule has 0 bridgehead atoms. The second kappa shape index (κ2) is 7.40. The summed E-state index contributed by atoms with van der Waals surface area (Å²) >= 11 is 5.93. The number of hydrogen-bond donors (Lipinski definition) is 1. The summed E-state index contributed by atoms with van der Waals surface area (Å²) in [4.78, 5) is 4.44. The van der Waals surface area contributed by atoms with E-state index in [0.717, 1.165) is 4.31 Å². The van der Waals surface area contributed by atoms with Gasteiger partial charge in [-0.3, -0.25) is 0 Å². The Labute approximate surface area is 161 Å². The van der Waals surface area contributed by atoms with E-state index in [4.69, 9.17) is 16.0 Å². The molecular weight excluding hydrogens is 388 g/mol. The molecule has 0 aliphatic heterocycles. The molecular formula is C18H15ClN4O3S. The molecule has 0 atom stereocenters. The Morgan fingerprint density at radius 1 is 1.26 bits per heavy atom. The predicted molar refractivity (Wildman–Crippen MR) is 104 cm³/mol. The number of aromatic nitrogens is 1. The first-order valence-corrected chi connectivity index (χ1v) is 9.59. The third kappa shape index (κ3) is 3.95. The van der Waals surface area contributed by atoms with E-state index in [-0.39, 0.29) is 16.4 Å². The van der Waals surface area contributed by atoms with Crippen molar-refractivity contribution in [1.82, 2.24) is 9.29 Å². The van der Waals surface area contributed by atoms with Gasteiger partial charge in [0.1, 0.15) is 17.2 Å². The minimum Gasteiger partial charge on any atom is -0.435 e. The van der Waals surface area contributed by atoms with Crippen LogP contribution in [-0.4, -0.2) is 31.8 Å². The second-order valence-electron chi connectivity index (χ2n) is 5.76. The largest absolute Gasteiger partial charge is 0.435 e. The van der Waals surface area contributed by atoms with Gasteiger partial charge in [-0.2, -0.15) is 5.26 Å². The summed E-state index contributed by atoms with van der Waals surface area (Å²) in [6.07, 6.45) is 1.45. The maximum Gasteiger partial charge on any atom is 0.242 e. The molecule has 27 heavy (non-hydrogen) atoms. The van der Waals surface area contributed by atoms with Gasteiger partial charge in [0, 0.05) is 31.0 Å². The van der Waals surface area contributed by atoms with Crippen LogP contribution in [0.5, 0.6) is 0 Å². The van der Waals surface area contributed by atoms with E-state index in [1.807, 2.05) is 6.07 Å². The van der Waals surface area contributed by atoms with Crippen LogP contribution in [0, 0.1) is 11.3 Å². The summed E-state index contributed by atoms with van der Waals surface area (Å²) < 4.78 is 30.9. The number of halogens is 1. The highest BCUT2D eigenvalue weighted by Gasteiger charge is 2.16. The van der Waals surface area contributed by atoms with Gasteiger partial charge in [-0.1, -0.05) is 11.6 Å². The number of hydrogen-bond acceptors (Lipinski definition) is 6. The first kappa shape index (κ1) is 18.9. The molecule has 0 saturated carbocycles. The summed E-state index contributed by atoms with van der Waals surface area (Å²) in [7, 11) is -0.551. The van der Waals surface area contributed by atoms with E-state index < -0.39 is 10.0 Å². The minimum atomic E-state index is -3.49. The summed E-state index contributed by atoms with van der Waals surface area (Å²) in [5.74, 6) is 0.161. The molecule has 1 aromatic heterocycles. The summed E-state index contributed by atoms with van der Waals surface area (Å²) in [5.41, 5.74) is 1.87. The SMILES string of the molecule is CN(C)S(=O)(=O)c1ccc(N/C=C(\C#N)c2nc3cc(Cl)ccc3o2)cc1. The lowest BCUT2D eigenvalue weighted by Crippen LogP contribution is -2.22. The van der Waals surface area contributed by atoms with Gasteiger partial charge in [0.2, 0.25) is 15.9 Å². The quantitative estimate of drug-likeness (QED) is 0.653. The van der Waals surface area contributed by atoms with Crippen molar-refractivity contribution in [1.29, 1.82) is 5.26 Å². The number of sulfonamides is 1. The van der Waals surface area contributed by atoms with Crippen LogP contribution in [0.15, 0.2) is 58.0 Å². The van der Waals surface area contributed by atoms with Crippen LogP contribution in [0.2, 0.25) is 5.02 Å². The van der Waals surface area contributed by atoms with Gasteiger partial charge in [0.05, 0.1) is 4.90 Å². The van der Waals surface area contributed by atoms with E-state index in [1.165, 1.54) is 32.4 Å². The van der Waals surface area contributed by atoms with Crippen molar-refractivity contribution in [2.45, 2.75) is 4.90 Å². The van der Waals surface area contributed by atoms with Gasteiger partial charge in [0.15, 0.2) is 5.58 Å². The first-order chi connectivity index (χ1) is 12.8. The van der Waals surface area contributed by atoms with Crippen molar-refractivity contribution in [2.75, 3.05) is 19.4 Å². The van der Waals surface area contributed by atoms with Gasteiger partial charge >= 0.3 is 0 Å². The zero-order valence-corrected chi connectivity index (χ0v) is 16.0. The number of oxazole rings is 1. The standard InChI is InChI=1S/C18H15ClN4O3S/c1-23(2)27(24,25)15-6-4-14(5-7-15)21-11-12(10-20)18-22-16-9-13(19)3-8-17(16)26-18/h3-9,11,21H,1-2H3/b12-11+. The van der Waals surface area contributed by atoms with Crippen LogP contribution in [0.4, 0.5) is 5.69 Å². The van der Waals surface area contributed by atoms with Crippen molar-refractivity contribution in [3.05, 3.63) is 59.6 Å². The molecule has 1 heterocycles. The van der Waals surface area contributed by atoms with Crippen molar-refractivity contribution >= 4 is 44.0 Å². The number of allylic oxidation sites excluding steroid dienone is 1. The van der Waals surface area contributed by atoms with Crippen LogP contribution < -0.4 is 5.32 Å². The molecule has 0 fully saturated rings. The highest BCUT2D eigenvalue weighted by molar-refractivity contribution is 7.89. The van der Waals surface area contributed by atoms with Gasteiger partial charge in [-0.25, -0.2) is 17.7 Å². The lowest BCUT2D eigenvalue weighted by Gasteiger charge is -2.11. The molecule has 0 saturated heterocycles. The maximum atomic E-state index is 12.1. The molecule has 138 valence electrons. The average Bonchev–Trinajstić information content (AvgIpc) is 3.05. The lowest BCUT2D eigenvalue weighted by atomic mass is 10.3. The highest BCUT2D eigenvalue weighted by Crippen LogP contribution is 2.24. The fourth-order valence-electron chi connectivity index (χ4n) is 2.25. The third-order valence-corrected chi connectivity index (χ3v) is 5.78. The van der Waals surface area contributed by atoms with Crippen molar-refractivity contribution in [3.63, 3.8) is 0 Å². The Balaban J connectivity index is 1.83. The Morgan fingerprint density at radius 2 is 1.96 bits per heavy atom. The number of nitrogens with one attached hydrogen (secondary N) is 1. The number of benzene rings is 2. The fraction of sp³-hybridized carbons (Fsp3) is 0.111. The molecule has 0 aliphatic carbocycles. The summed E-state index contributed by atoms with van der Waals surface area (Å²) in [5, 5.41) is 12.8. The topological polar surface area (TPSA) is 99.2 Å². The molecule has 0 radical (unpaired) electrons. The van der Waals surface area contributed by atoms with Gasteiger partial charge in [0.25, 0.3) is 0 Å². The number of fused-ring (bicyclic) bond motifs is 1. The Kier molecular flexibility index (Phi) is 5.19. The van der Waals surface area contributed by atoms with Crippen LogP contribution in [0.25, 0.3) is 16.7 Å². The van der Waals surface area contributed by atoms with Crippen LogP contribution in [-0.2, 0) is 10.0 Å². The van der Waals surface area contributed by atoms with E-state index in [0.29, 0.717) is 21.8 Å². The minimum absolute atomic E-state index is 0.161. The van der Waals surface area contributed by atoms with Gasteiger partial charge < -0.3 is 9.73 Å². The van der Waals surface area contributed by atoms with Gasteiger partial charge in [-0.15, -0.1) is 0 Å². The van der Waals surface area contributed by atoms with Gasteiger partial charge in [-0.05, 0) is 42.5 Å². The molecule has 0 unspecified atom stereocenters. The predicted octanol–water partition coefficient (Wildman–Crippen LogP) is 3.71. The zero-order chi connectivity index (χ0) is 19.6. The highest BCUT2D eigenvalue weighted by atomic mass is 35.5. The first-order valence-electron chi connectivity index (χ1n) is 7.77.